The van der Waals surface area contributed by atoms with E-state index in [0.717, 1.165) is 61.0 Å². The number of hydrogen-bond acceptors (Lipinski definition) is 10. The van der Waals surface area contributed by atoms with E-state index in [1.165, 1.54) is 6.07 Å². The van der Waals surface area contributed by atoms with Gasteiger partial charge in [0.1, 0.15) is 30.9 Å². The number of quaternary nitrogens is 2. The van der Waals surface area contributed by atoms with Gasteiger partial charge in [-0.15, -0.1) is 0 Å². The Morgan fingerprint density at radius 3 is 2.61 bits per heavy atom. The number of fused-ring (bicyclic) bond motifs is 1. The molecule has 46 heavy (non-hydrogen) atoms. The number of halogens is 2. The number of ether oxygens (including phenoxy) is 1. The molecule has 5 heterocycles. The van der Waals surface area contributed by atoms with Gasteiger partial charge in [0.2, 0.25) is 5.88 Å². The molecule has 5 aromatic rings. The molecule has 0 saturated carbocycles. The lowest BCUT2D eigenvalue weighted by Crippen LogP contribution is -2.33. The first-order valence-electron chi connectivity index (χ1n) is 14.1. The van der Waals surface area contributed by atoms with Crippen LogP contribution in [0.25, 0.3) is 10.3 Å². The van der Waals surface area contributed by atoms with Gasteiger partial charge in [0.25, 0.3) is 0 Å². The summed E-state index contributed by atoms with van der Waals surface area (Å²) in [5.41, 5.74) is 3.03. The second kappa shape index (κ2) is 15.0. The highest BCUT2D eigenvalue weighted by atomic mass is 35.5. The number of likely N-dealkylation sites (tertiary alicyclic amines) is 1. The number of phosphoric acid groups is 1. The maximum atomic E-state index is 14.2. The Hall–Kier alpha value is -3.40. The number of thiophene rings is 1. The molecule has 0 amide bonds. The summed E-state index contributed by atoms with van der Waals surface area (Å²) in [4.78, 5) is 39.1. The molecule has 4 aromatic heterocycles. The lowest BCUT2D eigenvalue weighted by molar-refractivity contribution is -0.333. The Morgan fingerprint density at radius 2 is 1.89 bits per heavy atom. The van der Waals surface area contributed by atoms with E-state index in [9.17, 15) is 18.7 Å². The minimum absolute atomic E-state index is 0. The molecule has 0 atom stereocenters. The Labute approximate surface area is 274 Å². The number of aromatic nitrogens is 5. The molecule has 0 bridgehead atoms. The van der Waals surface area contributed by atoms with Crippen LogP contribution in [0, 0.1) is 5.82 Å². The zero-order valence-electron chi connectivity index (χ0n) is 25.8. The fourth-order valence-corrected chi connectivity index (χ4v) is 7.08. The van der Waals surface area contributed by atoms with Gasteiger partial charge in [-0.1, -0.05) is 35.1 Å². The Balaban J connectivity index is 0.00000240. The van der Waals surface area contributed by atoms with Crippen molar-refractivity contribution in [1.82, 2.24) is 41.3 Å². The van der Waals surface area contributed by atoms with Crippen LogP contribution in [-0.4, -0.2) is 42.1 Å². The van der Waals surface area contributed by atoms with Gasteiger partial charge >= 0.3 is 0 Å². The fraction of sp³-hybridized carbons (Fsp3) is 0.345. The van der Waals surface area contributed by atoms with Gasteiger partial charge in [0, 0.05) is 47.1 Å². The summed E-state index contributed by atoms with van der Waals surface area (Å²) in [6.45, 7) is 5.57. The Bertz CT molecular complexity index is 1820. The largest absolute Gasteiger partial charge is 0.780 e. The smallest absolute Gasteiger partial charge is 0.213 e. The predicted octanol–water partition coefficient (Wildman–Crippen LogP) is 5.47. The number of piperidine rings is 1. The van der Waals surface area contributed by atoms with Crippen LogP contribution >= 0.6 is 30.8 Å². The second-order valence-electron chi connectivity index (χ2n) is 10.6. The number of aryl methyl sites for hydroxylation is 1. The normalized spacial score (nSPS) is 14.2. The number of benzene rings is 1. The summed E-state index contributed by atoms with van der Waals surface area (Å²) in [7, 11) is -5.18. The Morgan fingerprint density at radius 1 is 1.11 bits per heavy atom. The Kier molecular flexibility index (Phi) is 11.6. The van der Waals surface area contributed by atoms with Crippen LogP contribution in [0.5, 0.6) is 10.9 Å². The molecule has 1 aliphatic heterocycles. The topological polar surface area (TPSA) is 206 Å². The second-order valence-corrected chi connectivity index (χ2v) is 13.1. The van der Waals surface area contributed by atoms with Crippen LogP contribution in [0.1, 0.15) is 48.5 Å². The SMILES string of the molecule is CCn1cncc1Cn1c(CN2CCC(c3cccc(OCc4ccc(Cl)cc4F)n3)CC2)nc2sc(OP(=O)([O-])[O-])cc21.[NH4+].[NH4+]. The van der Waals surface area contributed by atoms with Gasteiger partial charge in [-0.05, 0) is 51.1 Å². The van der Waals surface area contributed by atoms with Crippen LogP contribution in [0.15, 0.2) is 55.0 Å². The first kappa shape index (κ1) is 35.5. The zero-order valence-corrected chi connectivity index (χ0v) is 28.2. The molecular weight excluding hydrogens is 658 g/mol. The van der Waals surface area contributed by atoms with E-state index in [4.69, 9.17) is 26.3 Å². The summed E-state index contributed by atoms with van der Waals surface area (Å²) >= 11 is 6.88. The van der Waals surface area contributed by atoms with Crippen molar-refractivity contribution in [2.75, 3.05) is 13.1 Å². The number of nitrogens with zero attached hydrogens (tertiary/aromatic N) is 6. The number of phosphoric ester groups is 1. The van der Waals surface area contributed by atoms with Crippen LogP contribution < -0.4 is 31.3 Å². The van der Waals surface area contributed by atoms with E-state index in [1.54, 1.807) is 36.8 Å². The molecule has 13 nitrogen and oxygen atoms in total. The average Bonchev–Trinajstić information content (AvgIpc) is 3.68. The molecule has 0 spiro atoms. The molecule has 0 unspecified atom stereocenters. The lowest BCUT2D eigenvalue weighted by atomic mass is 9.93. The lowest BCUT2D eigenvalue weighted by Gasteiger charge is -2.31. The number of rotatable bonds is 11. The molecule has 17 heteroatoms. The molecule has 1 saturated heterocycles. The quantitative estimate of drug-likeness (QED) is 0.168. The van der Waals surface area contributed by atoms with Crippen molar-refractivity contribution in [3.63, 3.8) is 0 Å². The molecular formula is C29H37ClFN8O5PS. The van der Waals surface area contributed by atoms with Crippen molar-refractivity contribution in [2.45, 2.75) is 51.9 Å². The molecule has 248 valence electrons. The van der Waals surface area contributed by atoms with Gasteiger partial charge in [-0.25, -0.2) is 19.3 Å². The molecule has 1 aromatic carbocycles. The summed E-state index contributed by atoms with van der Waals surface area (Å²) in [5, 5.41) is 0.334. The van der Waals surface area contributed by atoms with Crippen molar-refractivity contribution in [3.8, 4) is 10.9 Å². The molecule has 8 N–H and O–H groups in total. The molecule has 0 aliphatic carbocycles. The fourth-order valence-electron chi connectivity index (χ4n) is 5.44. The van der Waals surface area contributed by atoms with E-state index in [1.807, 2.05) is 28.2 Å². The van der Waals surface area contributed by atoms with E-state index in [-0.39, 0.29) is 29.9 Å². The molecule has 1 aliphatic rings. The van der Waals surface area contributed by atoms with E-state index >= 15 is 0 Å². The number of pyridine rings is 1. The van der Waals surface area contributed by atoms with Crippen LogP contribution in [0.3, 0.4) is 0 Å². The van der Waals surface area contributed by atoms with Crippen LogP contribution in [0.4, 0.5) is 4.39 Å². The highest BCUT2D eigenvalue weighted by Crippen LogP contribution is 2.39. The minimum atomic E-state index is -5.18. The average molecular weight is 695 g/mol. The van der Waals surface area contributed by atoms with Gasteiger partial charge in [-0.2, -0.15) is 0 Å². The van der Waals surface area contributed by atoms with Crippen molar-refractivity contribution < 1.29 is 28.0 Å². The van der Waals surface area contributed by atoms with Crippen molar-refractivity contribution >= 4 is 41.1 Å². The summed E-state index contributed by atoms with van der Waals surface area (Å²) in [6.07, 6.45) is 5.35. The minimum Gasteiger partial charge on any atom is -0.780 e. The van der Waals surface area contributed by atoms with Crippen LogP contribution in [0.2, 0.25) is 5.02 Å². The van der Waals surface area contributed by atoms with E-state index < -0.39 is 13.6 Å². The zero-order chi connectivity index (χ0) is 30.8. The monoisotopic (exact) mass is 694 g/mol. The molecule has 1 fully saturated rings. The van der Waals surface area contributed by atoms with Gasteiger partial charge < -0.3 is 45.0 Å². The highest BCUT2D eigenvalue weighted by molar-refractivity contribution is 7.44. The first-order chi connectivity index (χ1) is 21.1. The highest BCUT2D eigenvalue weighted by Gasteiger charge is 2.25. The van der Waals surface area contributed by atoms with Gasteiger partial charge in [0.15, 0.2) is 5.06 Å². The summed E-state index contributed by atoms with van der Waals surface area (Å²) < 4.78 is 39.8. The first-order valence-corrected chi connectivity index (χ1v) is 16.8. The van der Waals surface area contributed by atoms with Crippen LogP contribution in [-0.2, 0) is 30.8 Å². The van der Waals surface area contributed by atoms with Crippen molar-refractivity contribution in [2.24, 2.45) is 0 Å². The van der Waals surface area contributed by atoms with Crippen molar-refractivity contribution in [3.05, 3.63) is 88.6 Å². The third-order valence-corrected chi connectivity index (χ3v) is 9.35. The van der Waals surface area contributed by atoms with Gasteiger partial charge in [0.05, 0.1) is 30.6 Å². The molecule has 6 rings (SSSR count). The van der Waals surface area contributed by atoms with Gasteiger partial charge in [-0.3, -0.25) is 4.90 Å². The standard InChI is InChI=1S/C29H31ClFN6O5PS.2H3N/c1-2-36-18-32-14-22(36)15-37-25-13-28(42-43(38,39)40)44-29(25)34-26(37)16-35-10-8-19(9-11-35)24-4-3-5-27(33-24)41-17-20-6-7-21(30)12-23(20)31;;/h3-7,12-14,18-19H,2,8-11,15-17H2,1H3,(H2,38,39,40);2*1H3. The predicted molar refractivity (Wildman–Crippen MR) is 172 cm³/mol. The summed E-state index contributed by atoms with van der Waals surface area (Å²) in [5.74, 6) is 1.11. The van der Waals surface area contributed by atoms with E-state index in [2.05, 4.69) is 14.4 Å². The molecule has 0 radical (unpaired) electrons. The third kappa shape index (κ3) is 8.30. The van der Waals surface area contributed by atoms with Crippen molar-refractivity contribution in [1.29, 1.82) is 0 Å². The maximum absolute atomic E-state index is 14.2. The maximum Gasteiger partial charge on any atom is 0.213 e. The number of imidazole rings is 2. The van der Waals surface area contributed by atoms with E-state index in [0.29, 0.717) is 39.9 Å². The summed E-state index contributed by atoms with van der Waals surface area (Å²) in [6, 6.07) is 11.7. The third-order valence-electron chi connectivity index (χ3n) is 7.67. The number of hydrogen-bond donors (Lipinski definition) is 2.